The largest absolute Gasteiger partial charge is 0.277 e. The van der Waals surface area contributed by atoms with E-state index < -0.39 is 20.0 Å². The van der Waals surface area contributed by atoms with Crippen molar-refractivity contribution in [3.8, 4) is 0 Å². The van der Waals surface area contributed by atoms with Crippen LogP contribution in [-0.4, -0.2) is 16.8 Å². The van der Waals surface area contributed by atoms with E-state index in [-0.39, 0.29) is 30.5 Å². The van der Waals surface area contributed by atoms with Crippen molar-refractivity contribution in [3.05, 3.63) is 87.7 Å². The van der Waals surface area contributed by atoms with E-state index in [9.17, 15) is 16.8 Å². The summed E-state index contributed by atoms with van der Waals surface area (Å²) in [4.78, 5) is 0.0564. The van der Waals surface area contributed by atoms with Crippen LogP contribution in [0, 0.1) is 0 Å². The molecule has 0 saturated carbocycles. The Hall–Kier alpha value is -2.30. The predicted molar refractivity (Wildman–Crippen MR) is 135 cm³/mol. The first kappa shape index (κ1) is 23.8. The molecule has 33 heavy (non-hydrogen) atoms. The van der Waals surface area contributed by atoms with E-state index in [2.05, 4.69) is 9.44 Å². The van der Waals surface area contributed by atoms with Gasteiger partial charge in [-0.2, -0.15) is 0 Å². The first-order valence-electron chi connectivity index (χ1n) is 9.72. The maximum Gasteiger partial charge on any atom is 0.271 e. The lowest BCUT2D eigenvalue weighted by atomic mass is 10.00. The highest BCUT2D eigenvalue weighted by Gasteiger charge is 2.24. The van der Waals surface area contributed by atoms with Crippen LogP contribution >= 0.6 is 34.5 Å². The zero-order valence-corrected chi connectivity index (χ0v) is 20.9. The molecule has 1 heterocycles. The number of hydrogen-bond acceptors (Lipinski definition) is 5. The van der Waals surface area contributed by atoms with Gasteiger partial charge in [0.25, 0.3) is 20.0 Å². The fourth-order valence-electron chi connectivity index (χ4n) is 3.28. The zero-order valence-electron chi connectivity index (χ0n) is 17.0. The lowest BCUT2D eigenvalue weighted by molar-refractivity contribution is 0.599. The summed E-state index contributed by atoms with van der Waals surface area (Å²) in [5, 5.41) is 1.76. The van der Waals surface area contributed by atoms with Crippen molar-refractivity contribution in [2.45, 2.75) is 21.9 Å². The number of allylic oxidation sites excluding steroid dienone is 4. The van der Waals surface area contributed by atoms with Crippen LogP contribution in [0.1, 0.15) is 18.4 Å². The second kappa shape index (κ2) is 9.52. The Balaban J connectivity index is 1.75. The molecule has 1 aliphatic carbocycles. The number of nitrogens with one attached hydrogen (secondary N) is 2. The summed E-state index contributed by atoms with van der Waals surface area (Å²) >= 11 is 13.3. The molecule has 0 atom stereocenters. The Morgan fingerprint density at radius 2 is 1.48 bits per heavy atom. The van der Waals surface area contributed by atoms with Gasteiger partial charge in [0.2, 0.25) is 0 Å². The first-order chi connectivity index (χ1) is 15.7. The Kier molecular flexibility index (Phi) is 6.88. The number of hydrogen-bond donors (Lipinski definition) is 2. The van der Waals surface area contributed by atoms with Crippen molar-refractivity contribution in [3.63, 3.8) is 0 Å². The van der Waals surface area contributed by atoms with Crippen LogP contribution < -0.4 is 9.44 Å². The van der Waals surface area contributed by atoms with Gasteiger partial charge in [-0.05, 0) is 48.1 Å². The second-order valence-electron chi connectivity index (χ2n) is 7.09. The first-order valence-corrected chi connectivity index (χ1v) is 14.3. The molecule has 0 fully saturated rings. The number of benzene rings is 2. The minimum absolute atomic E-state index is 0.0457. The summed E-state index contributed by atoms with van der Waals surface area (Å²) < 4.78 is 57.2. The molecular weight excluding hydrogens is 523 g/mol. The van der Waals surface area contributed by atoms with Crippen LogP contribution in [0.2, 0.25) is 10.0 Å². The summed E-state index contributed by atoms with van der Waals surface area (Å²) in [6, 6.07) is 12.2. The van der Waals surface area contributed by atoms with Crippen molar-refractivity contribution < 1.29 is 16.8 Å². The van der Waals surface area contributed by atoms with E-state index in [0.29, 0.717) is 5.56 Å². The third kappa shape index (κ3) is 5.28. The maximum atomic E-state index is 13.4. The minimum Gasteiger partial charge on any atom is -0.277 e. The lowest BCUT2D eigenvalue weighted by Gasteiger charge is -2.17. The standard InChI is InChI=1S/C22H18Cl2N2O4S3/c23-17-13-19(20(14-18(17)24)26-33(29,30)22-11-6-12-31-22)25-32(27,28)21-10-5-4-9-16(21)15-7-2-1-3-8-15/h2,4-14,25-26H,1,3H2. The van der Waals surface area contributed by atoms with Crippen LogP contribution in [0.3, 0.4) is 0 Å². The molecule has 1 aliphatic rings. The van der Waals surface area contributed by atoms with Gasteiger partial charge in [-0.15, -0.1) is 11.3 Å². The number of sulfonamides is 2. The van der Waals surface area contributed by atoms with Crippen LogP contribution in [-0.2, 0) is 20.0 Å². The van der Waals surface area contributed by atoms with Crippen LogP contribution in [0.25, 0.3) is 5.57 Å². The number of halogens is 2. The molecule has 2 N–H and O–H groups in total. The van der Waals surface area contributed by atoms with Gasteiger partial charge in [0.05, 0.1) is 26.3 Å². The van der Waals surface area contributed by atoms with E-state index in [4.69, 9.17) is 23.2 Å². The second-order valence-corrected chi connectivity index (χ2v) is 12.4. The molecule has 0 bridgehead atoms. The van der Waals surface area contributed by atoms with Gasteiger partial charge >= 0.3 is 0 Å². The molecule has 6 nitrogen and oxygen atoms in total. The third-order valence-corrected chi connectivity index (χ3v) is 9.70. The monoisotopic (exact) mass is 540 g/mol. The van der Waals surface area contributed by atoms with Gasteiger partial charge in [-0.3, -0.25) is 9.44 Å². The van der Waals surface area contributed by atoms with Crippen molar-refractivity contribution >= 4 is 71.5 Å². The Bertz CT molecular complexity index is 1460. The average Bonchev–Trinajstić information content (AvgIpc) is 3.34. The zero-order chi connectivity index (χ0) is 23.6. The Morgan fingerprint density at radius 3 is 2.09 bits per heavy atom. The third-order valence-electron chi connectivity index (χ3n) is 4.79. The molecule has 172 valence electrons. The SMILES string of the molecule is O=S(=O)(Nc1cc(Cl)c(Cl)cc1NS(=O)(=O)c1ccccc1C1=CCCC=C1)c1cccs1. The Morgan fingerprint density at radius 1 is 0.818 bits per heavy atom. The van der Waals surface area contributed by atoms with E-state index in [1.807, 2.05) is 18.2 Å². The van der Waals surface area contributed by atoms with Gasteiger partial charge < -0.3 is 0 Å². The van der Waals surface area contributed by atoms with Gasteiger partial charge in [-0.25, -0.2) is 16.8 Å². The van der Waals surface area contributed by atoms with Crippen LogP contribution in [0.4, 0.5) is 11.4 Å². The number of anilines is 2. The summed E-state index contributed by atoms with van der Waals surface area (Å²) in [6.45, 7) is 0. The molecule has 0 aliphatic heterocycles. The normalized spacial score (nSPS) is 14.1. The van der Waals surface area contributed by atoms with E-state index in [1.54, 1.807) is 29.6 Å². The maximum absolute atomic E-state index is 13.4. The summed E-state index contributed by atoms with van der Waals surface area (Å²) in [5.41, 5.74) is 1.25. The molecule has 3 aromatic rings. The summed E-state index contributed by atoms with van der Waals surface area (Å²) in [7, 11) is -8.07. The van der Waals surface area contributed by atoms with Crippen molar-refractivity contribution in [2.24, 2.45) is 0 Å². The van der Waals surface area contributed by atoms with Gasteiger partial charge in [0.1, 0.15) is 4.21 Å². The molecule has 0 radical (unpaired) electrons. The van der Waals surface area contributed by atoms with E-state index >= 15 is 0 Å². The number of rotatable bonds is 7. The van der Waals surface area contributed by atoms with Crippen molar-refractivity contribution in [1.29, 1.82) is 0 Å². The summed E-state index contributed by atoms with van der Waals surface area (Å²) in [6.07, 6.45) is 7.57. The highest BCUT2D eigenvalue weighted by atomic mass is 35.5. The molecule has 11 heteroatoms. The Labute approximate surface area is 206 Å². The molecule has 1 aromatic heterocycles. The van der Waals surface area contributed by atoms with Crippen molar-refractivity contribution in [2.75, 3.05) is 9.44 Å². The highest BCUT2D eigenvalue weighted by molar-refractivity contribution is 7.94. The molecular formula is C22H18Cl2N2O4S3. The predicted octanol–water partition coefficient (Wildman–Crippen LogP) is 6.39. The van der Waals surface area contributed by atoms with Gasteiger partial charge in [0, 0.05) is 5.56 Å². The van der Waals surface area contributed by atoms with Crippen molar-refractivity contribution in [1.82, 2.24) is 0 Å². The lowest BCUT2D eigenvalue weighted by Crippen LogP contribution is -2.18. The quantitative estimate of drug-likeness (QED) is 0.363. The molecule has 2 aromatic carbocycles. The minimum atomic E-state index is -4.11. The van der Waals surface area contributed by atoms with Crippen LogP contribution in [0.15, 0.2) is 81.2 Å². The van der Waals surface area contributed by atoms with E-state index in [0.717, 1.165) is 29.8 Å². The molecule has 0 unspecified atom stereocenters. The molecule has 0 saturated heterocycles. The molecule has 0 spiro atoms. The topological polar surface area (TPSA) is 92.3 Å². The number of thiophene rings is 1. The average molecular weight is 542 g/mol. The highest BCUT2D eigenvalue weighted by Crippen LogP contribution is 2.36. The van der Waals surface area contributed by atoms with Crippen LogP contribution in [0.5, 0.6) is 0 Å². The van der Waals surface area contributed by atoms with Gasteiger partial charge in [0.15, 0.2) is 0 Å². The summed E-state index contributed by atoms with van der Waals surface area (Å²) in [5.74, 6) is 0. The fraction of sp³-hybridized carbons (Fsp3) is 0.0909. The molecule has 0 amide bonds. The smallest absolute Gasteiger partial charge is 0.271 e. The van der Waals surface area contributed by atoms with Gasteiger partial charge in [-0.1, -0.05) is 65.7 Å². The fourth-order valence-corrected chi connectivity index (χ4v) is 6.97. The van der Waals surface area contributed by atoms with E-state index in [1.165, 1.54) is 24.3 Å². The molecule has 4 rings (SSSR count).